The fourth-order valence-corrected chi connectivity index (χ4v) is 4.11. The van der Waals surface area contributed by atoms with Crippen LogP contribution in [0.15, 0.2) is 72.8 Å². The van der Waals surface area contributed by atoms with E-state index in [1.54, 1.807) is 12.2 Å². The molecule has 4 nitrogen and oxygen atoms in total. The summed E-state index contributed by atoms with van der Waals surface area (Å²) in [6.07, 6.45) is 3.54. The van der Waals surface area contributed by atoms with E-state index < -0.39 is 11.9 Å². The van der Waals surface area contributed by atoms with E-state index in [2.05, 4.69) is 29.6 Å². The predicted molar refractivity (Wildman–Crippen MR) is 123 cm³/mol. The minimum Gasteiger partial charge on any atom is -0.449 e. The molecule has 162 valence electrons. The lowest BCUT2D eigenvalue weighted by Gasteiger charge is -2.14. The molecular formula is C27H24FNO3. The number of amides is 1. The second kappa shape index (κ2) is 9.60. The average Bonchev–Trinajstić information content (AvgIpc) is 3.11. The van der Waals surface area contributed by atoms with E-state index in [4.69, 9.17) is 4.74 Å². The highest BCUT2D eigenvalue weighted by Crippen LogP contribution is 2.44. The van der Waals surface area contributed by atoms with Crippen LogP contribution in [0.3, 0.4) is 0 Å². The maximum absolute atomic E-state index is 13.5. The van der Waals surface area contributed by atoms with Gasteiger partial charge in [0.15, 0.2) is 5.78 Å². The summed E-state index contributed by atoms with van der Waals surface area (Å²) in [5.74, 6) is -0.501. The van der Waals surface area contributed by atoms with Gasteiger partial charge in [0.1, 0.15) is 12.4 Å². The molecule has 0 radical (unpaired) electrons. The van der Waals surface area contributed by atoms with Crippen molar-refractivity contribution >= 4 is 18.0 Å². The van der Waals surface area contributed by atoms with Gasteiger partial charge < -0.3 is 10.1 Å². The van der Waals surface area contributed by atoms with Crippen molar-refractivity contribution in [2.75, 3.05) is 13.2 Å². The van der Waals surface area contributed by atoms with E-state index >= 15 is 0 Å². The molecule has 0 aromatic heterocycles. The van der Waals surface area contributed by atoms with Gasteiger partial charge in [-0.25, -0.2) is 9.18 Å². The Hall–Kier alpha value is -3.73. The first kappa shape index (κ1) is 21.5. The van der Waals surface area contributed by atoms with Crippen molar-refractivity contribution in [2.45, 2.75) is 19.3 Å². The number of halogens is 1. The first-order valence-corrected chi connectivity index (χ1v) is 10.6. The van der Waals surface area contributed by atoms with Crippen molar-refractivity contribution in [3.8, 4) is 11.1 Å². The van der Waals surface area contributed by atoms with Crippen molar-refractivity contribution in [1.82, 2.24) is 5.32 Å². The van der Waals surface area contributed by atoms with Crippen LogP contribution in [-0.4, -0.2) is 25.0 Å². The first-order valence-electron chi connectivity index (χ1n) is 10.6. The van der Waals surface area contributed by atoms with Crippen LogP contribution in [0.2, 0.25) is 0 Å². The number of rotatable bonds is 7. The molecule has 3 aromatic carbocycles. The molecule has 1 N–H and O–H groups in total. The Kier molecular flexibility index (Phi) is 6.45. The summed E-state index contributed by atoms with van der Waals surface area (Å²) in [7, 11) is 0. The van der Waals surface area contributed by atoms with Gasteiger partial charge in [-0.1, -0.05) is 60.7 Å². The van der Waals surface area contributed by atoms with Crippen LogP contribution in [0.4, 0.5) is 9.18 Å². The highest BCUT2D eigenvalue weighted by Gasteiger charge is 2.28. The zero-order valence-electron chi connectivity index (χ0n) is 17.8. The fourth-order valence-electron chi connectivity index (χ4n) is 4.11. The summed E-state index contributed by atoms with van der Waals surface area (Å²) in [5.41, 5.74) is 5.70. The minimum atomic E-state index is -0.476. The van der Waals surface area contributed by atoms with Crippen LogP contribution in [0.25, 0.3) is 17.2 Å². The lowest BCUT2D eigenvalue weighted by atomic mass is 9.98. The zero-order valence-corrected chi connectivity index (χ0v) is 17.8. The summed E-state index contributed by atoms with van der Waals surface area (Å²) in [4.78, 5) is 23.9. The Labute approximate surface area is 186 Å². The third kappa shape index (κ3) is 4.62. The van der Waals surface area contributed by atoms with Crippen molar-refractivity contribution in [3.05, 3.63) is 101 Å². The fraction of sp³-hybridized carbons (Fsp3) is 0.185. The van der Waals surface area contributed by atoms with Gasteiger partial charge in [-0.2, -0.15) is 0 Å². The number of benzene rings is 3. The molecule has 0 spiro atoms. The molecule has 0 aliphatic heterocycles. The van der Waals surface area contributed by atoms with Crippen LogP contribution in [0, 0.1) is 5.82 Å². The number of carbonyl (C=O) groups excluding carboxylic acids is 2. The van der Waals surface area contributed by atoms with Crippen LogP contribution in [0.5, 0.6) is 0 Å². The number of fused-ring (bicyclic) bond motifs is 3. The molecule has 3 aromatic rings. The second-order valence-corrected chi connectivity index (χ2v) is 7.73. The van der Waals surface area contributed by atoms with Gasteiger partial charge in [-0.05, 0) is 59.4 Å². The molecule has 1 aliphatic rings. The number of alkyl carbamates (subject to hydrolysis) is 1. The summed E-state index contributed by atoms with van der Waals surface area (Å²) < 4.78 is 19.0. The number of ether oxygens (including phenoxy) is 1. The largest absolute Gasteiger partial charge is 0.449 e. The normalized spacial score (nSPS) is 12.4. The quantitative estimate of drug-likeness (QED) is 0.372. The third-order valence-electron chi connectivity index (χ3n) is 5.61. The number of carbonyl (C=O) groups is 2. The Morgan fingerprint density at radius 1 is 1.00 bits per heavy atom. The van der Waals surface area contributed by atoms with Gasteiger partial charge in [0, 0.05) is 18.0 Å². The van der Waals surface area contributed by atoms with E-state index in [9.17, 15) is 14.0 Å². The number of ketones is 1. The lowest BCUT2D eigenvalue weighted by molar-refractivity contribution is 0.101. The average molecular weight is 429 g/mol. The molecule has 1 aliphatic carbocycles. The van der Waals surface area contributed by atoms with Gasteiger partial charge in [-0.15, -0.1) is 0 Å². The zero-order chi connectivity index (χ0) is 22.5. The molecule has 0 unspecified atom stereocenters. The number of hydrogen-bond acceptors (Lipinski definition) is 3. The van der Waals surface area contributed by atoms with Crippen LogP contribution < -0.4 is 5.32 Å². The summed E-state index contributed by atoms with van der Waals surface area (Å²) in [6, 6.07) is 20.4. The standard InChI is InChI=1S/C27H24FNO3/c1-18(30)21-14-13-20(28)16-19(21)8-6-7-15-29-27(31)32-17-26-24-11-4-2-9-22(24)23-10-3-5-12-25(23)26/h2-6,8-14,16,26H,7,15,17H2,1H3,(H,29,31). The lowest BCUT2D eigenvalue weighted by Crippen LogP contribution is -2.26. The van der Waals surface area contributed by atoms with Gasteiger partial charge in [0.2, 0.25) is 0 Å². The molecule has 4 rings (SSSR count). The Balaban J connectivity index is 1.29. The van der Waals surface area contributed by atoms with Crippen molar-refractivity contribution in [2.24, 2.45) is 0 Å². The number of nitrogens with one attached hydrogen (secondary N) is 1. The van der Waals surface area contributed by atoms with E-state index in [1.165, 1.54) is 47.4 Å². The van der Waals surface area contributed by atoms with E-state index in [0.717, 1.165) is 0 Å². The predicted octanol–water partition coefficient (Wildman–Crippen LogP) is 5.97. The molecule has 5 heteroatoms. The molecule has 1 amide bonds. The molecule has 0 saturated carbocycles. The summed E-state index contributed by atoms with van der Waals surface area (Å²) >= 11 is 0. The highest BCUT2D eigenvalue weighted by molar-refractivity contribution is 5.97. The minimum absolute atomic E-state index is 0.0195. The summed E-state index contributed by atoms with van der Waals surface area (Å²) in [5, 5.41) is 2.74. The highest BCUT2D eigenvalue weighted by atomic mass is 19.1. The van der Waals surface area contributed by atoms with Gasteiger partial charge in [-0.3, -0.25) is 4.79 Å². The first-order chi connectivity index (χ1) is 15.5. The summed E-state index contributed by atoms with van der Waals surface area (Å²) in [6.45, 7) is 2.09. The van der Waals surface area contributed by atoms with Crippen molar-refractivity contribution in [3.63, 3.8) is 0 Å². The topological polar surface area (TPSA) is 55.4 Å². The van der Waals surface area contributed by atoms with Crippen LogP contribution in [0.1, 0.15) is 46.3 Å². The molecule has 0 atom stereocenters. The SMILES string of the molecule is CC(=O)c1ccc(F)cc1C=CCCNC(=O)OCC1c2ccccc2-c2ccccc21. The molecule has 0 heterocycles. The van der Waals surface area contributed by atoms with Crippen LogP contribution in [-0.2, 0) is 4.74 Å². The Morgan fingerprint density at radius 2 is 1.66 bits per heavy atom. The molecule has 0 saturated heterocycles. The smallest absolute Gasteiger partial charge is 0.407 e. The molecule has 32 heavy (non-hydrogen) atoms. The third-order valence-corrected chi connectivity index (χ3v) is 5.61. The maximum atomic E-state index is 13.5. The number of hydrogen-bond donors (Lipinski definition) is 1. The Morgan fingerprint density at radius 3 is 2.31 bits per heavy atom. The van der Waals surface area contributed by atoms with Crippen LogP contribution >= 0.6 is 0 Å². The van der Waals surface area contributed by atoms with E-state index in [-0.39, 0.29) is 18.3 Å². The van der Waals surface area contributed by atoms with Gasteiger partial charge in [0.25, 0.3) is 0 Å². The molecule has 0 bridgehead atoms. The Bertz CT molecular complexity index is 1140. The maximum Gasteiger partial charge on any atom is 0.407 e. The van der Waals surface area contributed by atoms with Gasteiger partial charge in [0.05, 0.1) is 0 Å². The van der Waals surface area contributed by atoms with Crippen molar-refractivity contribution < 1.29 is 18.7 Å². The van der Waals surface area contributed by atoms with E-state index in [1.807, 2.05) is 24.3 Å². The molecular weight excluding hydrogens is 405 g/mol. The molecule has 0 fully saturated rings. The van der Waals surface area contributed by atoms with E-state index in [0.29, 0.717) is 24.1 Å². The monoisotopic (exact) mass is 429 g/mol. The second-order valence-electron chi connectivity index (χ2n) is 7.73. The van der Waals surface area contributed by atoms with Gasteiger partial charge >= 0.3 is 6.09 Å². The van der Waals surface area contributed by atoms with Crippen molar-refractivity contribution in [1.29, 1.82) is 0 Å². The number of Topliss-reactive ketones (excluding diaryl/α,β-unsaturated/α-hetero) is 1.